The maximum absolute atomic E-state index is 5.33. The van der Waals surface area contributed by atoms with E-state index in [0.717, 1.165) is 11.1 Å². The Labute approximate surface area is 104 Å². The van der Waals surface area contributed by atoms with Crippen molar-refractivity contribution in [2.45, 2.75) is 27.7 Å². The summed E-state index contributed by atoms with van der Waals surface area (Å²) < 4.78 is 0. The molecule has 0 rings (SSSR count). The van der Waals surface area contributed by atoms with Gasteiger partial charge in [0.1, 0.15) is 5.82 Å². The van der Waals surface area contributed by atoms with Gasteiger partial charge in [0.25, 0.3) is 0 Å². The van der Waals surface area contributed by atoms with Gasteiger partial charge in [-0.3, -0.25) is 5.43 Å². The highest BCUT2D eigenvalue weighted by Gasteiger charge is 2.11. The molecule has 3 nitrogen and oxygen atoms in total. The number of hydrazone groups is 1. The maximum Gasteiger partial charge on any atom is 0.109 e. The fourth-order valence-electron chi connectivity index (χ4n) is 0.850. The molecule has 0 bridgehead atoms. The SMILES string of the molecule is C=C(N)N/N=C/C(/C=C\C(=C)C(C)(C)C)=C/C. The Morgan fingerprint density at radius 3 is 2.24 bits per heavy atom. The van der Waals surface area contributed by atoms with E-state index in [0.29, 0.717) is 5.82 Å². The van der Waals surface area contributed by atoms with Crippen LogP contribution in [0.2, 0.25) is 0 Å². The maximum atomic E-state index is 5.33. The average molecular weight is 233 g/mol. The lowest BCUT2D eigenvalue weighted by Crippen LogP contribution is -2.12. The second kappa shape index (κ2) is 6.74. The van der Waals surface area contributed by atoms with Crippen molar-refractivity contribution in [3.8, 4) is 0 Å². The van der Waals surface area contributed by atoms with Crippen molar-refractivity contribution in [1.29, 1.82) is 0 Å². The van der Waals surface area contributed by atoms with Crippen molar-refractivity contribution in [1.82, 2.24) is 5.43 Å². The van der Waals surface area contributed by atoms with Gasteiger partial charge in [0.2, 0.25) is 0 Å². The van der Waals surface area contributed by atoms with Crippen LogP contribution in [-0.4, -0.2) is 6.21 Å². The Balaban J connectivity index is 4.53. The molecule has 0 heterocycles. The predicted octanol–water partition coefficient (Wildman–Crippen LogP) is 3.10. The third-order valence-electron chi connectivity index (χ3n) is 2.20. The van der Waals surface area contributed by atoms with Crippen LogP contribution in [0, 0.1) is 5.41 Å². The van der Waals surface area contributed by atoms with Crippen LogP contribution in [0.3, 0.4) is 0 Å². The summed E-state index contributed by atoms with van der Waals surface area (Å²) in [4.78, 5) is 0. The highest BCUT2D eigenvalue weighted by Crippen LogP contribution is 2.24. The Bertz CT molecular complexity index is 365. The van der Waals surface area contributed by atoms with E-state index in [1.54, 1.807) is 6.21 Å². The molecule has 0 aromatic heterocycles. The number of nitrogens with one attached hydrogen (secondary N) is 1. The molecule has 0 radical (unpaired) electrons. The number of nitrogens with zero attached hydrogens (tertiary/aromatic N) is 1. The van der Waals surface area contributed by atoms with E-state index in [-0.39, 0.29) is 5.41 Å². The monoisotopic (exact) mass is 233 g/mol. The molecule has 0 aromatic rings. The summed E-state index contributed by atoms with van der Waals surface area (Å²) in [6.07, 6.45) is 7.61. The minimum Gasteiger partial charge on any atom is -0.385 e. The zero-order valence-electron chi connectivity index (χ0n) is 11.2. The first-order valence-electron chi connectivity index (χ1n) is 5.54. The van der Waals surface area contributed by atoms with Crippen LogP contribution >= 0.6 is 0 Å². The van der Waals surface area contributed by atoms with Crippen LogP contribution in [-0.2, 0) is 0 Å². The summed E-state index contributed by atoms with van der Waals surface area (Å²) in [7, 11) is 0. The molecule has 0 unspecified atom stereocenters. The van der Waals surface area contributed by atoms with Gasteiger partial charge in [0, 0.05) is 0 Å². The van der Waals surface area contributed by atoms with Gasteiger partial charge >= 0.3 is 0 Å². The number of hydrogen-bond donors (Lipinski definition) is 2. The molecule has 3 heteroatoms. The van der Waals surface area contributed by atoms with E-state index in [1.165, 1.54) is 0 Å². The van der Waals surface area contributed by atoms with E-state index in [2.05, 4.69) is 44.5 Å². The zero-order valence-corrected chi connectivity index (χ0v) is 11.2. The molecule has 0 spiro atoms. The molecular weight excluding hydrogens is 210 g/mol. The van der Waals surface area contributed by atoms with E-state index >= 15 is 0 Å². The van der Waals surface area contributed by atoms with E-state index < -0.39 is 0 Å². The van der Waals surface area contributed by atoms with Crippen LogP contribution in [0.15, 0.2) is 53.5 Å². The molecule has 0 aliphatic carbocycles. The van der Waals surface area contributed by atoms with Crippen molar-refractivity contribution >= 4 is 6.21 Å². The second-order valence-corrected chi connectivity index (χ2v) is 4.79. The lowest BCUT2D eigenvalue weighted by Gasteiger charge is -2.18. The van der Waals surface area contributed by atoms with Gasteiger partial charge in [-0.15, -0.1) is 0 Å². The second-order valence-electron chi connectivity index (χ2n) is 4.79. The molecular formula is C14H23N3. The molecule has 0 saturated carbocycles. The Morgan fingerprint density at radius 1 is 1.24 bits per heavy atom. The molecule has 0 fully saturated rings. The molecule has 0 aliphatic heterocycles. The third-order valence-corrected chi connectivity index (χ3v) is 2.20. The molecule has 0 aliphatic rings. The number of hydrogen-bond acceptors (Lipinski definition) is 3. The summed E-state index contributed by atoms with van der Waals surface area (Å²) in [6, 6.07) is 0. The van der Waals surface area contributed by atoms with Gasteiger partial charge in [0.05, 0.1) is 6.21 Å². The first-order chi connectivity index (χ1) is 7.77. The minimum atomic E-state index is 0.0797. The van der Waals surface area contributed by atoms with Crippen LogP contribution in [0.1, 0.15) is 27.7 Å². The zero-order chi connectivity index (χ0) is 13.5. The Morgan fingerprint density at radius 2 is 1.82 bits per heavy atom. The third kappa shape index (κ3) is 7.17. The topological polar surface area (TPSA) is 50.4 Å². The number of rotatable bonds is 5. The van der Waals surface area contributed by atoms with E-state index in [9.17, 15) is 0 Å². The van der Waals surface area contributed by atoms with Gasteiger partial charge < -0.3 is 5.73 Å². The van der Waals surface area contributed by atoms with Crippen LogP contribution in [0.25, 0.3) is 0 Å². The fraction of sp³-hybridized carbons (Fsp3) is 0.357. The van der Waals surface area contributed by atoms with E-state index in [4.69, 9.17) is 5.73 Å². The van der Waals surface area contributed by atoms with Crippen LogP contribution in [0.5, 0.6) is 0 Å². The molecule has 3 N–H and O–H groups in total. The van der Waals surface area contributed by atoms with Crippen molar-refractivity contribution in [2.24, 2.45) is 16.3 Å². The quantitative estimate of drug-likeness (QED) is 0.435. The highest BCUT2D eigenvalue weighted by atomic mass is 15.3. The Kier molecular flexibility index (Phi) is 6.03. The fourth-order valence-corrected chi connectivity index (χ4v) is 0.850. The van der Waals surface area contributed by atoms with Gasteiger partial charge in [-0.2, -0.15) is 5.10 Å². The van der Waals surface area contributed by atoms with Crippen LogP contribution in [0.4, 0.5) is 0 Å². The molecule has 0 amide bonds. The van der Waals surface area contributed by atoms with Crippen molar-refractivity contribution in [3.05, 3.63) is 48.4 Å². The largest absolute Gasteiger partial charge is 0.385 e. The number of nitrogens with two attached hydrogens (primary N) is 1. The number of allylic oxidation sites excluding steroid dienone is 5. The van der Waals surface area contributed by atoms with Crippen molar-refractivity contribution in [3.63, 3.8) is 0 Å². The predicted molar refractivity (Wildman–Crippen MR) is 76.4 cm³/mol. The van der Waals surface area contributed by atoms with Gasteiger partial charge in [-0.1, -0.05) is 52.2 Å². The molecule has 0 saturated heterocycles. The first-order valence-corrected chi connectivity index (χ1v) is 5.54. The lowest BCUT2D eigenvalue weighted by atomic mass is 9.87. The summed E-state index contributed by atoms with van der Waals surface area (Å²) in [6.45, 7) is 15.8. The summed E-state index contributed by atoms with van der Waals surface area (Å²) in [5, 5.41) is 3.93. The van der Waals surface area contributed by atoms with Gasteiger partial charge in [0.15, 0.2) is 0 Å². The lowest BCUT2D eigenvalue weighted by molar-refractivity contribution is 0.519. The minimum absolute atomic E-state index is 0.0797. The van der Waals surface area contributed by atoms with Crippen molar-refractivity contribution in [2.75, 3.05) is 0 Å². The smallest absolute Gasteiger partial charge is 0.109 e. The van der Waals surface area contributed by atoms with E-state index in [1.807, 2.05) is 25.2 Å². The van der Waals surface area contributed by atoms with Gasteiger partial charge in [-0.25, -0.2) is 0 Å². The molecule has 0 aromatic carbocycles. The normalized spacial score (nSPS) is 13.3. The molecule has 94 valence electrons. The standard InChI is InChI=1S/C14H23N3/c1-7-13(10-16-17-12(3)15)9-8-11(2)14(4,5)6/h7-10,17H,2-3,15H2,1,4-6H3/b9-8-,13-7+,16-10+. The molecule has 17 heavy (non-hydrogen) atoms. The Hall–Kier alpha value is -1.77. The summed E-state index contributed by atoms with van der Waals surface area (Å²) >= 11 is 0. The summed E-state index contributed by atoms with van der Waals surface area (Å²) in [5.41, 5.74) is 10.0. The molecule has 0 atom stereocenters. The van der Waals surface area contributed by atoms with Crippen LogP contribution < -0.4 is 11.2 Å². The summed E-state index contributed by atoms with van der Waals surface area (Å²) in [5.74, 6) is 0.319. The van der Waals surface area contributed by atoms with Crippen molar-refractivity contribution < 1.29 is 0 Å². The highest BCUT2D eigenvalue weighted by molar-refractivity contribution is 5.82. The first kappa shape index (κ1) is 15.2. The van der Waals surface area contributed by atoms with Gasteiger partial charge in [-0.05, 0) is 23.5 Å². The average Bonchev–Trinajstić information content (AvgIpc) is 2.20.